The first-order valence-corrected chi connectivity index (χ1v) is 4.17. The van der Waals surface area contributed by atoms with Crippen LogP contribution in [-0.2, 0) is 4.74 Å². The Morgan fingerprint density at radius 2 is 2.45 bits per heavy atom. The molecule has 0 aromatic carbocycles. The van der Waals surface area contributed by atoms with Crippen LogP contribution in [0.25, 0.3) is 0 Å². The molecule has 0 bridgehead atoms. The first-order chi connectivity index (χ1) is 5.16. The van der Waals surface area contributed by atoms with Crippen molar-refractivity contribution in [3.8, 4) is 0 Å². The van der Waals surface area contributed by atoms with E-state index in [1.807, 2.05) is 0 Å². The van der Waals surface area contributed by atoms with Gasteiger partial charge >= 0.3 is 0 Å². The summed E-state index contributed by atoms with van der Waals surface area (Å²) < 4.78 is 5.61. The van der Waals surface area contributed by atoms with Crippen molar-refractivity contribution in [2.45, 2.75) is 6.10 Å². The van der Waals surface area contributed by atoms with Crippen molar-refractivity contribution < 1.29 is 9.84 Å². The van der Waals surface area contributed by atoms with Crippen LogP contribution >= 0.6 is 15.9 Å². The van der Waals surface area contributed by atoms with E-state index >= 15 is 0 Å². The smallest absolute Gasteiger partial charge is 0.0897 e. The molecular weight excluding hydrogens is 210 g/mol. The van der Waals surface area contributed by atoms with Crippen LogP contribution in [0.4, 0.5) is 0 Å². The zero-order valence-corrected chi connectivity index (χ0v) is 8.23. The highest BCUT2D eigenvalue weighted by Gasteiger charge is 2.00. The maximum Gasteiger partial charge on any atom is 0.0897 e. The van der Waals surface area contributed by atoms with E-state index in [1.54, 1.807) is 7.11 Å². The predicted molar refractivity (Wildman–Crippen MR) is 48.8 cm³/mol. The number of aliphatic hydroxyl groups is 1. The Bertz CT molecular complexity index is 119. The molecule has 3 nitrogen and oxygen atoms in total. The van der Waals surface area contributed by atoms with Crippen molar-refractivity contribution in [2.24, 2.45) is 0 Å². The lowest BCUT2D eigenvalue weighted by atomic mass is 10.4. The molecule has 0 spiro atoms. The molecule has 0 aliphatic rings. The van der Waals surface area contributed by atoms with Gasteiger partial charge in [-0.1, -0.05) is 22.5 Å². The van der Waals surface area contributed by atoms with Crippen molar-refractivity contribution in [1.82, 2.24) is 5.32 Å². The highest BCUT2D eigenvalue weighted by atomic mass is 79.9. The average Bonchev–Trinajstić information content (AvgIpc) is 1.87. The number of aliphatic hydroxyl groups excluding tert-OH is 1. The van der Waals surface area contributed by atoms with Crippen LogP contribution < -0.4 is 5.32 Å². The fourth-order valence-corrected chi connectivity index (χ4v) is 0.824. The Labute approximate surface area is 75.6 Å². The van der Waals surface area contributed by atoms with Crippen molar-refractivity contribution in [1.29, 1.82) is 0 Å². The van der Waals surface area contributed by atoms with Gasteiger partial charge in [-0.15, -0.1) is 0 Å². The minimum atomic E-state index is -0.438. The molecule has 0 heterocycles. The van der Waals surface area contributed by atoms with Gasteiger partial charge in [0.05, 0.1) is 12.7 Å². The highest BCUT2D eigenvalue weighted by Crippen LogP contribution is 1.96. The number of rotatable bonds is 6. The van der Waals surface area contributed by atoms with E-state index in [4.69, 9.17) is 9.84 Å². The lowest BCUT2D eigenvalue weighted by Crippen LogP contribution is -2.30. The van der Waals surface area contributed by atoms with E-state index in [9.17, 15) is 0 Å². The van der Waals surface area contributed by atoms with Crippen LogP contribution in [0.1, 0.15) is 0 Å². The summed E-state index contributed by atoms with van der Waals surface area (Å²) in [4.78, 5) is 0. The van der Waals surface area contributed by atoms with Crippen molar-refractivity contribution in [3.05, 3.63) is 11.1 Å². The van der Waals surface area contributed by atoms with Gasteiger partial charge in [0, 0.05) is 24.7 Å². The molecule has 0 aromatic rings. The largest absolute Gasteiger partial charge is 0.389 e. The van der Waals surface area contributed by atoms with Gasteiger partial charge in [-0.25, -0.2) is 0 Å². The first-order valence-electron chi connectivity index (χ1n) is 3.37. The van der Waals surface area contributed by atoms with Crippen molar-refractivity contribution in [2.75, 3.05) is 26.8 Å². The van der Waals surface area contributed by atoms with Crippen LogP contribution in [0.15, 0.2) is 11.1 Å². The van der Waals surface area contributed by atoms with E-state index in [1.165, 1.54) is 0 Å². The molecule has 1 atom stereocenters. The van der Waals surface area contributed by atoms with Gasteiger partial charge in [0.25, 0.3) is 0 Å². The number of ether oxygens (including phenoxy) is 1. The second-order valence-corrected chi connectivity index (χ2v) is 3.38. The summed E-state index contributed by atoms with van der Waals surface area (Å²) >= 11 is 3.19. The van der Waals surface area contributed by atoms with Crippen molar-refractivity contribution in [3.63, 3.8) is 0 Å². The van der Waals surface area contributed by atoms with Gasteiger partial charge in [0.1, 0.15) is 0 Å². The summed E-state index contributed by atoms with van der Waals surface area (Å²) in [6.07, 6.45) is -0.438. The van der Waals surface area contributed by atoms with E-state index < -0.39 is 6.10 Å². The maximum atomic E-state index is 9.13. The van der Waals surface area contributed by atoms with Gasteiger partial charge in [-0.05, 0) is 0 Å². The molecule has 0 fully saturated rings. The quantitative estimate of drug-likeness (QED) is 0.690. The van der Waals surface area contributed by atoms with Gasteiger partial charge in [0.2, 0.25) is 0 Å². The third-order valence-corrected chi connectivity index (χ3v) is 1.34. The molecule has 0 saturated heterocycles. The van der Waals surface area contributed by atoms with Crippen LogP contribution in [0.3, 0.4) is 0 Å². The van der Waals surface area contributed by atoms with Crippen LogP contribution in [-0.4, -0.2) is 38.0 Å². The summed E-state index contributed by atoms with van der Waals surface area (Å²) in [6, 6.07) is 0. The average molecular weight is 224 g/mol. The normalized spacial score (nSPS) is 13.0. The molecule has 2 N–H and O–H groups in total. The zero-order valence-electron chi connectivity index (χ0n) is 6.64. The Balaban J connectivity index is 3.16. The van der Waals surface area contributed by atoms with E-state index in [-0.39, 0.29) is 0 Å². The molecule has 0 aromatic heterocycles. The number of methoxy groups -OCH3 is 1. The van der Waals surface area contributed by atoms with Gasteiger partial charge in [0.15, 0.2) is 0 Å². The zero-order chi connectivity index (χ0) is 8.69. The minimum Gasteiger partial charge on any atom is -0.389 e. The van der Waals surface area contributed by atoms with Crippen LogP contribution in [0.2, 0.25) is 0 Å². The molecule has 4 heteroatoms. The summed E-state index contributed by atoms with van der Waals surface area (Å²) in [7, 11) is 1.56. The molecule has 11 heavy (non-hydrogen) atoms. The number of hydrogen-bond donors (Lipinski definition) is 2. The summed E-state index contributed by atoms with van der Waals surface area (Å²) in [5.74, 6) is 0. The number of nitrogens with one attached hydrogen (secondary N) is 1. The van der Waals surface area contributed by atoms with E-state index in [0.717, 1.165) is 4.48 Å². The lowest BCUT2D eigenvalue weighted by molar-refractivity contribution is 0.0652. The molecule has 66 valence electrons. The fourth-order valence-electron chi connectivity index (χ4n) is 0.626. The topological polar surface area (TPSA) is 41.5 Å². The Kier molecular flexibility index (Phi) is 6.85. The molecule has 0 saturated carbocycles. The first kappa shape index (κ1) is 11.1. The molecule has 0 rings (SSSR count). The predicted octanol–water partition coefficient (Wildman–Crippen LogP) is 0.492. The number of halogens is 1. The van der Waals surface area contributed by atoms with Crippen LogP contribution in [0, 0.1) is 0 Å². The van der Waals surface area contributed by atoms with Crippen LogP contribution in [0.5, 0.6) is 0 Å². The monoisotopic (exact) mass is 223 g/mol. The van der Waals surface area contributed by atoms with Gasteiger partial charge in [-0.3, -0.25) is 0 Å². The maximum absolute atomic E-state index is 9.13. The van der Waals surface area contributed by atoms with E-state index in [2.05, 4.69) is 27.8 Å². The summed E-state index contributed by atoms with van der Waals surface area (Å²) in [5.41, 5.74) is 0. The highest BCUT2D eigenvalue weighted by molar-refractivity contribution is 9.11. The molecule has 0 aliphatic heterocycles. The Morgan fingerprint density at radius 1 is 1.82 bits per heavy atom. The molecule has 0 amide bonds. The summed E-state index contributed by atoms with van der Waals surface area (Å²) in [6.45, 7) is 5.20. The third-order valence-electron chi connectivity index (χ3n) is 1.06. The summed E-state index contributed by atoms with van der Waals surface area (Å²) in [5, 5.41) is 12.1. The Morgan fingerprint density at radius 3 is 2.91 bits per heavy atom. The molecule has 1 unspecified atom stereocenters. The van der Waals surface area contributed by atoms with Crippen molar-refractivity contribution >= 4 is 15.9 Å². The van der Waals surface area contributed by atoms with Gasteiger partial charge in [-0.2, -0.15) is 0 Å². The molecular formula is C7H14BrNO2. The second kappa shape index (κ2) is 6.79. The van der Waals surface area contributed by atoms with E-state index in [0.29, 0.717) is 19.7 Å². The molecule has 0 radical (unpaired) electrons. The minimum absolute atomic E-state index is 0.363. The standard InChI is InChI=1S/C7H14BrNO2/c1-6(8)3-9-4-7(10)5-11-2/h7,9-10H,1,3-5H2,2H3. The Hall–Kier alpha value is 0.1000. The molecule has 0 aliphatic carbocycles. The second-order valence-electron chi connectivity index (χ2n) is 2.26. The number of hydrogen-bond acceptors (Lipinski definition) is 3. The van der Waals surface area contributed by atoms with Gasteiger partial charge < -0.3 is 15.2 Å². The SMILES string of the molecule is C=C(Br)CNCC(O)COC. The lowest BCUT2D eigenvalue weighted by Gasteiger charge is -2.09. The third kappa shape index (κ3) is 8.00. The fraction of sp³-hybridized carbons (Fsp3) is 0.714.